The molecule has 0 saturated heterocycles. The summed E-state index contributed by atoms with van der Waals surface area (Å²) in [7, 11) is -1.78. The molecule has 0 radical (unpaired) electrons. The molecule has 7 heteroatoms. The van der Waals surface area contributed by atoms with E-state index in [9.17, 15) is 26.3 Å². The Morgan fingerprint density at radius 1 is 0.442 bits per heavy atom. The molecule has 0 aromatic rings. The van der Waals surface area contributed by atoms with Crippen LogP contribution in [0.25, 0.3) is 0 Å². The van der Waals surface area contributed by atoms with Crippen molar-refractivity contribution in [3.8, 4) is 0 Å². The van der Waals surface area contributed by atoms with Crippen molar-refractivity contribution in [2.75, 3.05) is 0 Å². The minimum atomic E-state index is -4.05. The van der Waals surface area contributed by atoms with Crippen LogP contribution < -0.4 is 0 Å². The van der Waals surface area contributed by atoms with E-state index in [-0.39, 0.29) is 11.8 Å². The molecule has 14 atom stereocenters. The lowest BCUT2D eigenvalue weighted by molar-refractivity contribution is -0.189. The van der Waals surface area contributed by atoms with Crippen molar-refractivity contribution in [3.05, 3.63) is 0 Å². The monoisotopic (exact) mass is 632 g/mol. The Bertz CT molecular complexity index is 884. The third kappa shape index (κ3) is 6.14. The summed E-state index contributed by atoms with van der Waals surface area (Å²) < 4.78 is 82.5. The highest BCUT2D eigenvalue weighted by Gasteiger charge is 2.61. The highest BCUT2D eigenvalue weighted by molar-refractivity contribution is 6.80. The number of fused-ring (bicyclic) bond motifs is 2. The summed E-state index contributed by atoms with van der Waals surface area (Å²) in [6, 6.07) is 0. The van der Waals surface area contributed by atoms with Gasteiger partial charge < -0.3 is 0 Å². The van der Waals surface area contributed by atoms with Crippen LogP contribution in [-0.2, 0) is 0 Å². The Balaban J connectivity index is 1.19. The lowest BCUT2D eigenvalue weighted by Gasteiger charge is -2.50. The molecule has 6 saturated carbocycles. The molecule has 6 aliphatic carbocycles. The summed E-state index contributed by atoms with van der Waals surface area (Å²) in [5.74, 6) is 3.10. The predicted octanol–water partition coefficient (Wildman–Crippen LogP) is 12.3. The summed E-state index contributed by atoms with van der Waals surface area (Å²) in [6.45, 7) is 10.3. The van der Waals surface area contributed by atoms with Crippen LogP contribution in [-0.4, -0.2) is 20.4 Å². The average Bonchev–Trinajstić information content (AvgIpc) is 3.48. The van der Waals surface area contributed by atoms with Crippen LogP contribution >= 0.6 is 0 Å². The third-order valence-corrected chi connectivity index (χ3v) is 20.5. The van der Waals surface area contributed by atoms with Crippen LogP contribution in [0.15, 0.2) is 0 Å². The van der Waals surface area contributed by atoms with Crippen LogP contribution in [0.4, 0.5) is 26.3 Å². The normalized spacial score (nSPS) is 48.1. The lowest BCUT2D eigenvalue weighted by atomic mass is 9.63. The number of alkyl halides is 6. The van der Waals surface area contributed by atoms with Gasteiger partial charge in [0.15, 0.2) is 0 Å². The van der Waals surface area contributed by atoms with E-state index >= 15 is 0 Å². The maximum absolute atomic E-state index is 13.7. The van der Waals surface area contributed by atoms with Gasteiger partial charge in [0.25, 0.3) is 0 Å². The molecule has 0 aromatic heterocycles. The van der Waals surface area contributed by atoms with E-state index in [1.54, 1.807) is 0 Å². The van der Waals surface area contributed by atoms with Gasteiger partial charge in [-0.25, -0.2) is 0 Å². The first-order valence-corrected chi connectivity index (χ1v) is 21.5. The maximum atomic E-state index is 13.7. The van der Waals surface area contributed by atoms with E-state index in [0.717, 1.165) is 49.6 Å². The van der Waals surface area contributed by atoms with Crippen LogP contribution in [0.3, 0.4) is 0 Å². The maximum Gasteiger partial charge on any atom is 0.391 e. The van der Waals surface area contributed by atoms with E-state index in [2.05, 4.69) is 26.9 Å². The zero-order valence-electron chi connectivity index (χ0n) is 27.2. The predicted molar refractivity (Wildman–Crippen MR) is 164 cm³/mol. The van der Waals surface area contributed by atoms with Crippen LogP contribution in [0, 0.1) is 71.0 Å². The minimum absolute atomic E-state index is 0.244. The second-order valence-corrected chi connectivity index (χ2v) is 22.5. The largest absolute Gasteiger partial charge is 0.391 e. The van der Waals surface area contributed by atoms with Gasteiger partial charge >= 0.3 is 12.4 Å². The van der Waals surface area contributed by atoms with E-state index in [0.29, 0.717) is 73.0 Å². The standard InChI is InChI=1S/C36H58F6Si/c1-21-17-31-27(23-9-5-11-25(19-23)35(37,38)39)13-7-15-29(31)33(21)43(3,4)34-22(2)18-32-28(14-8-16-30(32)34)24-10-6-12-26(20-24)36(40,41)42/h21-34H,5-20H2,1-4H3. The van der Waals surface area contributed by atoms with Gasteiger partial charge in [0.2, 0.25) is 0 Å². The molecular formula is C36H58F6Si. The fraction of sp³-hybridized carbons (Fsp3) is 1.00. The number of halogens is 6. The molecule has 0 nitrogen and oxygen atoms in total. The van der Waals surface area contributed by atoms with Gasteiger partial charge in [0.1, 0.15) is 0 Å². The zero-order chi connectivity index (χ0) is 30.9. The van der Waals surface area contributed by atoms with Gasteiger partial charge in [-0.2, -0.15) is 26.3 Å². The van der Waals surface area contributed by atoms with E-state index in [1.807, 2.05) is 0 Å². The van der Waals surface area contributed by atoms with Crippen LogP contribution in [0.1, 0.15) is 117 Å². The molecule has 248 valence electrons. The molecule has 6 aliphatic rings. The fourth-order valence-electron chi connectivity index (χ4n) is 14.0. The molecule has 14 unspecified atom stereocenters. The van der Waals surface area contributed by atoms with Crippen molar-refractivity contribution in [3.63, 3.8) is 0 Å². The quantitative estimate of drug-likeness (QED) is 0.214. The van der Waals surface area contributed by atoms with Crippen LogP contribution in [0.5, 0.6) is 0 Å². The van der Waals surface area contributed by atoms with Crippen molar-refractivity contribution in [2.45, 2.75) is 153 Å². The minimum Gasteiger partial charge on any atom is -0.171 e. The molecule has 0 aliphatic heterocycles. The number of hydrogen-bond acceptors (Lipinski definition) is 0. The Hall–Kier alpha value is -0.203. The second-order valence-electron chi connectivity index (χ2n) is 17.5. The molecule has 6 fully saturated rings. The number of rotatable bonds is 4. The van der Waals surface area contributed by atoms with Gasteiger partial charge in [-0.05, 0) is 122 Å². The summed E-state index contributed by atoms with van der Waals surface area (Å²) in [6.07, 6.45) is 6.28. The van der Waals surface area contributed by atoms with E-state index < -0.39 is 32.3 Å². The van der Waals surface area contributed by atoms with E-state index in [4.69, 9.17) is 0 Å². The Morgan fingerprint density at radius 2 is 0.791 bits per heavy atom. The Kier molecular flexibility index (Phi) is 9.22. The highest BCUT2D eigenvalue weighted by atomic mass is 28.3. The van der Waals surface area contributed by atoms with Crippen LogP contribution in [0.2, 0.25) is 24.2 Å². The number of hydrogen-bond donors (Lipinski definition) is 0. The Morgan fingerprint density at radius 3 is 1.16 bits per heavy atom. The van der Waals surface area contributed by atoms with Crippen molar-refractivity contribution in [1.29, 1.82) is 0 Å². The molecule has 0 amide bonds. The molecule has 0 N–H and O–H groups in total. The van der Waals surface area contributed by atoms with Crippen molar-refractivity contribution in [2.24, 2.45) is 71.0 Å². The zero-order valence-corrected chi connectivity index (χ0v) is 28.2. The molecule has 0 bridgehead atoms. The molecule has 0 heterocycles. The van der Waals surface area contributed by atoms with Gasteiger partial charge in [-0.15, -0.1) is 0 Å². The summed E-state index contributed by atoms with van der Waals surface area (Å²) in [5.41, 5.74) is 1.47. The second kappa shape index (κ2) is 12.1. The average molecular weight is 633 g/mol. The van der Waals surface area contributed by atoms with Gasteiger partial charge in [0.05, 0.1) is 19.9 Å². The molecule has 0 spiro atoms. The Labute approximate surface area is 258 Å². The van der Waals surface area contributed by atoms with Crippen molar-refractivity contribution in [1.82, 2.24) is 0 Å². The lowest BCUT2D eigenvalue weighted by Crippen LogP contribution is -2.48. The summed E-state index contributed by atoms with van der Waals surface area (Å²) in [5, 5.41) is 0. The smallest absolute Gasteiger partial charge is 0.171 e. The van der Waals surface area contributed by atoms with Crippen molar-refractivity contribution < 1.29 is 26.3 Å². The third-order valence-electron chi connectivity index (χ3n) is 15.1. The SMILES string of the molecule is CC1CC2C(C3CCCC(C(F)(F)F)C3)CCCC2C1[Si](C)(C)C1C(C)CC2C(C3CCCC(C(F)(F)F)C3)CCCC21. The summed E-state index contributed by atoms with van der Waals surface area (Å²) >= 11 is 0. The summed E-state index contributed by atoms with van der Waals surface area (Å²) in [4.78, 5) is 0. The van der Waals surface area contributed by atoms with Gasteiger partial charge in [0, 0.05) is 0 Å². The molecule has 6 rings (SSSR count). The fourth-order valence-corrected chi connectivity index (χ4v) is 20.7. The first-order chi connectivity index (χ1) is 20.2. The first-order valence-electron chi connectivity index (χ1n) is 18.3. The molecule has 0 aromatic carbocycles. The van der Waals surface area contributed by atoms with Gasteiger partial charge in [-0.3, -0.25) is 0 Å². The van der Waals surface area contributed by atoms with Gasteiger partial charge in [-0.1, -0.05) is 78.3 Å². The van der Waals surface area contributed by atoms with E-state index in [1.165, 1.54) is 38.5 Å². The first kappa shape index (κ1) is 32.7. The molecular weight excluding hydrogens is 574 g/mol. The topological polar surface area (TPSA) is 0 Å². The molecule has 43 heavy (non-hydrogen) atoms. The van der Waals surface area contributed by atoms with Crippen molar-refractivity contribution >= 4 is 8.07 Å². The highest BCUT2D eigenvalue weighted by Crippen LogP contribution is 2.67.